The lowest BCUT2D eigenvalue weighted by Crippen LogP contribution is -2.46. The third kappa shape index (κ3) is 12.8. The standard InChI is InChI=1S/C26H10F11N5O7.C13F10O3.C12H12FN5O3/c1-2-26(4-45-24(43)47-19-14(33)10(29)8(27)11(30)15(19)34)6(46-25(44)48-20-16(35)12(31)9(28)13(32)17(20)36)3-7(49-26)42-5-39-18-21(38)40-23(37)41-22(18)42;14-1-3(16)7(20)11(8(21)4(1)17)25-13(24)26-12-9(22)5(18)2(15)6(19)10(12)23;1-2-12(4-19)6(20)3-7(21-12)18-5-15-8-9(14)16-11(13)17-10(8)18/h1,5-7H,3-4H2,(H2,38,40,41);;1,5-7,19-20H,3-4H2,(H2,14,16,17)/t6-,7+,26+;;6-,7+,12+/m0.0/s1. The van der Waals surface area contributed by atoms with E-state index in [1.807, 2.05) is 5.92 Å². The van der Waals surface area contributed by atoms with Gasteiger partial charge in [0.1, 0.15) is 25.2 Å². The molecule has 6 heterocycles. The summed E-state index contributed by atoms with van der Waals surface area (Å²) in [6.07, 6.45) is -2.28. The van der Waals surface area contributed by atoms with Crippen LogP contribution >= 0.6 is 0 Å². The molecule has 508 valence electrons. The number of hydrogen-bond donors (Lipinski definition) is 4. The topological polar surface area (TPSA) is 305 Å². The molecule has 6 N–H and O–H groups in total. The quantitative estimate of drug-likeness (QED) is 0.0189. The molecule has 23 nitrogen and oxygen atoms in total. The smallest absolute Gasteiger partial charge is 0.430 e. The normalized spacial score (nSPS) is 18.8. The van der Waals surface area contributed by atoms with Crippen molar-refractivity contribution in [2.75, 3.05) is 24.7 Å². The van der Waals surface area contributed by atoms with Crippen molar-refractivity contribution in [3.8, 4) is 47.7 Å². The van der Waals surface area contributed by atoms with Crippen LogP contribution in [0.25, 0.3) is 22.3 Å². The summed E-state index contributed by atoms with van der Waals surface area (Å²) < 4.78 is 333. The second-order valence-electron chi connectivity index (χ2n) is 18.4. The monoisotopic (exact) mass is 1400 g/mol. The first-order valence-corrected chi connectivity index (χ1v) is 24.6. The maximum Gasteiger partial charge on any atom is 0.519 e. The fourth-order valence-corrected chi connectivity index (χ4v) is 8.22. The van der Waals surface area contributed by atoms with Gasteiger partial charge in [0.25, 0.3) is 0 Å². The number of terminal acetylenes is 2. The molecule has 0 amide bonds. The number of nitrogen functional groups attached to an aromatic ring is 2. The van der Waals surface area contributed by atoms with Crippen molar-refractivity contribution in [2.24, 2.45) is 0 Å². The second-order valence-corrected chi connectivity index (χ2v) is 18.4. The molecule has 4 aromatic heterocycles. The average molecular weight is 1400 g/mol. The highest BCUT2D eigenvalue weighted by Crippen LogP contribution is 2.43. The molecule has 10 rings (SSSR count). The van der Waals surface area contributed by atoms with Crippen LogP contribution in [0, 0.1) is 153 Å². The number of halogens is 22. The maximum atomic E-state index is 14.1. The van der Waals surface area contributed by atoms with Crippen LogP contribution in [-0.4, -0.2) is 104 Å². The highest BCUT2D eigenvalue weighted by molar-refractivity contribution is 5.82. The molecule has 8 aromatic rings. The zero-order valence-electron chi connectivity index (χ0n) is 45.4. The van der Waals surface area contributed by atoms with Crippen LogP contribution in [0.5, 0.6) is 23.0 Å². The Balaban J connectivity index is 0.000000208. The minimum Gasteiger partial charge on any atom is -0.430 e. The van der Waals surface area contributed by atoms with Crippen LogP contribution in [0.15, 0.2) is 12.7 Å². The predicted molar refractivity (Wildman–Crippen MR) is 260 cm³/mol. The van der Waals surface area contributed by atoms with Gasteiger partial charge >= 0.3 is 30.6 Å². The summed E-state index contributed by atoms with van der Waals surface area (Å²) in [5, 5.41) is 19.3. The highest BCUT2D eigenvalue weighted by Gasteiger charge is 2.54. The number of aliphatic hydroxyl groups excluding tert-OH is 2. The van der Waals surface area contributed by atoms with Crippen LogP contribution in [0.3, 0.4) is 0 Å². The largest absolute Gasteiger partial charge is 0.519 e. The maximum absolute atomic E-state index is 14.1. The third-order valence-corrected chi connectivity index (χ3v) is 12.8. The van der Waals surface area contributed by atoms with E-state index in [9.17, 15) is 121 Å². The number of hydrogen-bond acceptors (Lipinski definition) is 21. The summed E-state index contributed by atoms with van der Waals surface area (Å²) in [6.45, 7) is -1.94. The molecule has 96 heavy (non-hydrogen) atoms. The van der Waals surface area contributed by atoms with Gasteiger partial charge in [-0.1, -0.05) is 11.8 Å². The van der Waals surface area contributed by atoms with Gasteiger partial charge in [0.15, 0.2) is 45.7 Å². The average Bonchev–Trinajstić information content (AvgIpc) is 1.57. The number of rotatable bonds is 10. The Morgan fingerprint density at radius 2 is 0.781 bits per heavy atom. The van der Waals surface area contributed by atoms with Crippen LogP contribution in [-0.2, 0) is 18.9 Å². The number of imidazole rings is 2. The van der Waals surface area contributed by atoms with Crippen LogP contribution in [0.4, 0.5) is 123 Å². The van der Waals surface area contributed by atoms with Crippen LogP contribution in [0.1, 0.15) is 25.3 Å². The Bertz CT molecular complexity index is 4430. The van der Waals surface area contributed by atoms with E-state index in [1.54, 1.807) is 0 Å². The van der Waals surface area contributed by atoms with Gasteiger partial charge in [0.2, 0.25) is 145 Å². The van der Waals surface area contributed by atoms with Gasteiger partial charge in [-0.25, -0.2) is 77.0 Å². The van der Waals surface area contributed by atoms with Gasteiger partial charge in [-0.2, -0.15) is 63.8 Å². The van der Waals surface area contributed by atoms with Crippen molar-refractivity contribution in [1.29, 1.82) is 0 Å². The number of anilines is 2. The fraction of sp³-hybridized carbons (Fsp3) is 0.196. The van der Waals surface area contributed by atoms with Crippen molar-refractivity contribution < 1.29 is 159 Å². The highest BCUT2D eigenvalue weighted by atomic mass is 19.2. The molecule has 6 atom stereocenters. The summed E-state index contributed by atoms with van der Waals surface area (Å²) >= 11 is 0. The molecular formula is C51H22F22N10O13. The summed E-state index contributed by atoms with van der Waals surface area (Å²) in [5.41, 5.74) is 6.81. The van der Waals surface area contributed by atoms with Gasteiger partial charge in [0, 0.05) is 12.8 Å². The summed E-state index contributed by atoms with van der Waals surface area (Å²) in [4.78, 5) is 57.7. The van der Waals surface area contributed by atoms with Gasteiger partial charge in [-0.05, 0) is 0 Å². The molecule has 4 aromatic carbocycles. The minimum atomic E-state index is -2.62. The molecule has 0 bridgehead atoms. The number of benzene rings is 4. The third-order valence-electron chi connectivity index (χ3n) is 12.8. The first-order chi connectivity index (χ1) is 45.0. The van der Waals surface area contributed by atoms with Crippen molar-refractivity contribution in [3.05, 3.63) is 141 Å². The van der Waals surface area contributed by atoms with Gasteiger partial charge in [-0.3, -0.25) is 9.13 Å². The number of aromatic nitrogens is 8. The van der Waals surface area contributed by atoms with Crippen molar-refractivity contribution >= 4 is 52.4 Å². The van der Waals surface area contributed by atoms with E-state index in [2.05, 4.69) is 59.5 Å². The first-order valence-electron chi connectivity index (χ1n) is 24.6. The number of aliphatic hydroxyl groups is 2. The van der Waals surface area contributed by atoms with Crippen molar-refractivity contribution in [1.82, 2.24) is 39.0 Å². The number of ether oxygens (including phenoxy) is 8. The van der Waals surface area contributed by atoms with E-state index < -0.39 is 231 Å². The molecule has 2 aliphatic heterocycles. The van der Waals surface area contributed by atoms with Crippen LogP contribution in [0.2, 0.25) is 0 Å². The van der Waals surface area contributed by atoms with E-state index >= 15 is 0 Å². The molecule has 2 fully saturated rings. The lowest BCUT2D eigenvalue weighted by molar-refractivity contribution is -0.0994. The van der Waals surface area contributed by atoms with E-state index in [4.69, 9.17) is 38.5 Å². The van der Waals surface area contributed by atoms with E-state index in [-0.39, 0.29) is 34.6 Å². The molecular weight excluding hydrogens is 1380 g/mol. The zero-order chi connectivity index (χ0) is 71.2. The minimum absolute atomic E-state index is 0.0971. The van der Waals surface area contributed by atoms with Gasteiger partial charge in [-0.15, -0.1) is 12.8 Å². The number of nitrogens with zero attached hydrogens (tertiary/aromatic N) is 8. The Labute approximate surface area is 512 Å². The molecule has 0 saturated carbocycles. The molecule has 0 spiro atoms. The van der Waals surface area contributed by atoms with E-state index in [0.717, 1.165) is 10.9 Å². The number of carbonyl (C=O) groups is 3. The summed E-state index contributed by atoms with van der Waals surface area (Å²) in [5.74, 6) is -56.7. The zero-order valence-corrected chi connectivity index (χ0v) is 45.4. The Morgan fingerprint density at radius 3 is 1.10 bits per heavy atom. The Kier molecular flexibility index (Phi) is 19.9. The molecule has 0 aliphatic carbocycles. The lowest BCUT2D eigenvalue weighted by atomic mass is 9.98. The van der Waals surface area contributed by atoms with Crippen molar-refractivity contribution in [2.45, 2.75) is 48.7 Å². The molecule has 2 aliphatic rings. The molecule has 45 heteroatoms. The van der Waals surface area contributed by atoms with E-state index in [0.29, 0.717) is 0 Å². The Hall–Kier alpha value is -11.2. The lowest BCUT2D eigenvalue weighted by Gasteiger charge is -2.28. The molecule has 0 unspecified atom stereocenters. The number of carbonyl (C=O) groups excluding carboxylic acids is 3. The van der Waals surface area contributed by atoms with E-state index in [1.165, 1.54) is 10.9 Å². The van der Waals surface area contributed by atoms with Crippen LogP contribution < -0.4 is 30.4 Å². The van der Waals surface area contributed by atoms with Gasteiger partial charge in [0.05, 0.1) is 19.3 Å². The molecule has 0 radical (unpaired) electrons. The SMILES string of the molecule is C#C[C@]1(CO)O[C@@H](n2cnc3c(N)nc(F)nc32)C[C@@H]1O.C#C[C@]1(COC(=O)Oc2c(F)c(F)c(F)c(F)c2F)O[C@@H](n2cnc3c(N)nc(F)nc32)C[C@@H]1OC(=O)Oc1c(F)c(F)c(F)c(F)c1F.O=C(Oc1c(F)c(F)c(F)c(F)c1F)Oc1c(F)c(F)c(F)c(F)c1F. The molecule has 2 saturated heterocycles. The fourth-order valence-electron chi connectivity index (χ4n) is 8.22. The van der Waals surface area contributed by atoms with Gasteiger partial charge < -0.3 is 59.6 Å². The summed E-state index contributed by atoms with van der Waals surface area (Å²) in [7, 11) is 0. The predicted octanol–water partition coefficient (Wildman–Crippen LogP) is 8.88. The number of fused-ring (bicyclic) bond motifs is 2. The van der Waals surface area contributed by atoms with Crippen molar-refractivity contribution in [3.63, 3.8) is 0 Å². The first kappa shape index (κ1) is 70.7. The number of nitrogens with two attached hydrogens (primary N) is 2. The Morgan fingerprint density at radius 1 is 0.479 bits per heavy atom. The summed E-state index contributed by atoms with van der Waals surface area (Å²) in [6, 6.07) is 0. The second kappa shape index (κ2) is 27.0.